The van der Waals surface area contributed by atoms with Gasteiger partial charge in [0, 0.05) is 10.8 Å². The van der Waals surface area contributed by atoms with Crippen LogP contribution in [0.2, 0.25) is 0 Å². The second-order valence-corrected chi connectivity index (χ2v) is 4.99. The lowest BCUT2D eigenvalue weighted by Crippen LogP contribution is -2.20. The van der Waals surface area contributed by atoms with Crippen molar-refractivity contribution in [1.82, 2.24) is 4.98 Å². The summed E-state index contributed by atoms with van der Waals surface area (Å²) in [6.07, 6.45) is 5.41. The average Bonchev–Trinajstić information content (AvgIpc) is 2.64. The van der Waals surface area contributed by atoms with Crippen LogP contribution < -0.4 is 11.3 Å². The maximum atomic E-state index is 5.37. The molecule has 70 valence electrons. The number of nitrogens with two attached hydrogens (primary N) is 1. The van der Waals surface area contributed by atoms with Gasteiger partial charge in [-0.3, -0.25) is 5.43 Å². The predicted molar refractivity (Wildman–Crippen MR) is 53.9 cm³/mol. The molecule has 1 heterocycles. The van der Waals surface area contributed by atoms with E-state index in [2.05, 4.69) is 10.4 Å². The molecule has 3 aliphatic rings. The highest BCUT2D eigenvalue weighted by Crippen LogP contribution is 2.51. The largest absolute Gasteiger partial charge is 0.300 e. The van der Waals surface area contributed by atoms with E-state index in [1.807, 2.05) is 0 Å². The van der Waals surface area contributed by atoms with Crippen LogP contribution in [0, 0.1) is 0 Å². The van der Waals surface area contributed by atoms with Crippen molar-refractivity contribution < 1.29 is 0 Å². The highest BCUT2D eigenvalue weighted by molar-refractivity contribution is 7.15. The van der Waals surface area contributed by atoms with E-state index in [4.69, 9.17) is 5.84 Å². The Bertz CT molecular complexity index is 296. The number of rotatable bonds is 1. The summed E-state index contributed by atoms with van der Waals surface area (Å²) in [5, 5.41) is 0.892. The zero-order chi connectivity index (χ0) is 8.84. The Morgan fingerprint density at radius 2 is 1.92 bits per heavy atom. The van der Waals surface area contributed by atoms with E-state index in [0.717, 1.165) is 17.0 Å². The summed E-state index contributed by atoms with van der Waals surface area (Å²) in [6, 6.07) is 0. The fourth-order valence-corrected chi connectivity index (χ4v) is 3.75. The standard InChI is InChI=1S/C9H13N3S/c10-12-9-11-7-5-1-3-6(4-2-5)8(7)13-9/h5-6H,1-4,10H2,(H,11,12). The fraction of sp³-hybridized carbons (Fsp3) is 0.667. The van der Waals surface area contributed by atoms with Crippen molar-refractivity contribution >= 4 is 16.5 Å². The van der Waals surface area contributed by atoms with E-state index in [-0.39, 0.29) is 0 Å². The Balaban J connectivity index is 2.10. The van der Waals surface area contributed by atoms with Gasteiger partial charge in [0.2, 0.25) is 0 Å². The van der Waals surface area contributed by atoms with Gasteiger partial charge in [-0.1, -0.05) is 0 Å². The van der Waals surface area contributed by atoms with E-state index >= 15 is 0 Å². The van der Waals surface area contributed by atoms with Crippen LogP contribution in [0.25, 0.3) is 0 Å². The Morgan fingerprint density at radius 3 is 2.54 bits per heavy atom. The summed E-state index contributed by atoms with van der Waals surface area (Å²) in [5.74, 6) is 6.90. The minimum atomic E-state index is 0.735. The Kier molecular flexibility index (Phi) is 1.60. The molecular formula is C9H13N3S. The molecule has 3 aliphatic carbocycles. The molecule has 13 heavy (non-hydrogen) atoms. The summed E-state index contributed by atoms with van der Waals surface area (Å²) in [4.78, 5) is 6.04. The second kappa shape index (κ2) is 2.69. The van der Waals surface area contributed by atoms with Crippen molar-refractivity contribution in [3.63, 3.8) is 0 Å². The monoisotopic (exact) mass is 195 g/mol. The van der Waals surface area contributed by atoms with Crippen molar-refractivity contribution in [2.24, 2.45) is 5.84 Å². The molecular weight excluding hydrogens is 182 g/mol. The van der Waals surface area contributed by atoms with Gasteiger partial charge >= 0.3 is 0 Å². The highest BCUT2D eigenvalue weighted by atomic mass is 32.1. The Hall–Kier alpha value is -0.610. The molecule has 0 spiro atoms. The van der Waals surface area contributed by atoms with E-state index in [9.17, 15) is 0 Å². The van der Waals surface area contributed by atoms with Crippen LogP contribution >= 0.6 is 11.3 Å². The van der Waals surface area contributed by atoms with Crippen LogP contribution in [0.1, 0.15) is 48.1 Å². The first kappa shape index (κ1) is 7.76. The number of fused-ring (bicyclic) bond motifs is 2. The molecule has 0 atom stereocenters. The van der Waals surface area contributed by atoms with Gasteiger partial charge in [-0.25, -0.2) is 10.8 Å². The lowest BCUT2D eigenvalue weighted by molar-refractivity contribution is 0.358. The first-order valence-corrected chi connectivity index (χ1v) is 5.67. The first-order valence-electron chi connectivity index (χ1n) is 4.85. The zero-order valence-corrected chi connectivity index (χ0v) is 8.23. The molecule has 3 N–H and O–H groups in total. The van der Waals surface area contributed by atoms with Gasteiger partial charge < -0.3 is 0 Å². The van der Waals surface area contributed by atoms with Crippen LogP contribution in [0.4, 0.5) is 5.13 Å². The normalized spacial score (nSPS) is 30.2. The van der Waals surface area contributed by atoms with Crippen LogP contribution in [0.5, 0.6) is 0 Å². The quantitative estimate of drug-likeness (QED) is 0.533. The molecule has 0 unspecified atom stereocenters. The van der Waals surface area contributed by atoms with Gasteiger partial charge in [0.15, 0.2) is 5.13 Å². The Morgan fingerprint density at radius 1 is 1.23 bits per heavy atom. The molecule has 4 rings (SSSR count). The summed E-state index contributed by atoms with van der Waals surface area (Å²) in [5.41, 5.74) is 4.01. The third-order valence-electron chi connectivity index (χ3n) is 3.29. The third-order valence-corrected chi connectivity index (χ3v) is 4.45. The maximum Gasteiger partial charge on any atom is 0.197 e. The lowest BCUT2D eigenvalue weighted by atomic mass is 9.73. The molecule has 2 bridgehead atoms. The molecule has 1 saturated carbocycles. The number of hydrogen-bond donors (Lipinski definition) is 2. The molecule has 0 aromatic carbocycles. The van der Waals surface area contributed by atoms with E-state index < -0.39 is 0 Å². The highest BCUT2D eigenvalue weighted by Gasteiger charge is 2.35. The van der Waals surface area contributed by atoms with Crippen molar-refractivity contribution in [3.8, 4) is 0 Å². The number of hydrazine groups is 1. The van der Waals surface area contributed by atoms with E-state index in [0.29, 0.717) is 0 Å². The summed E-state index contributed by atoms with van der Waals surface area (Å²) in [6.45, 7) is 0. The molecule has 1 aromatic heterocycles. The lowest BCUT2D eigenvalue weighted by Gasteiger charge is -2.34. The predicted octanol–water partition coefficient (Wildman–Crippen LogP) is 2.18. The molecule has 0 radical (unpaired) electrons. The van der Waals surface area contributed by atoms with Crippen LogP contribution in [-0.2, 0) is 0 Å². The topological polar surface area (TPSA) is 50.9 Å². The number of nitrogen functional groups attached to an aromatic ring is 1. The second-order valence-electron chi connectivity index (χ2n) is 3.96. The van der Waals surface area contributed by atoms with Gasteiger partial charge in [0.05, 0.1) is 5.69 Å². The van der Waals surface area contributed by atoms with Crippen LogP contribution in [-0.4, -0.2) is 4.98 Å². The third kappa shape index (κ3) is 1.02. The van der Waals surface area contributed by atoms with Gasteiger partial charge in [-0.05, 0) is 31.6 Å². The number of nitrogens with zero attached hydrogens (tertiary/aromatic N) is 1. The zero-order valence-electron chi connectivity index (χ0n) is 7.42. The molecule has 1 aromatic rings. The minimum Gasteiger partial charge on any atom is -0.300 e. The van der Waals surface area contributed by atoms with E-state index in [1.165, 1.54) is 36.3 Å². The van der Waals surface area contributed by atoms with Crippen LogP contribution in [0.15, 0.2) is 0 Å². The number of aromatic nitrogens is 1. The number of hydrogen-bond acceptors (Lipinski definition) is 4. The molecule has 4 heteroatoms. The van der Waals surface area contributed by atoms with Crippen molar-refractivity contribution in [2.75, 3.05) is 5.43 Å². The van der Waals surface area contributed by atoms with Crippen molar-refractivity contribution in [2.45, 2.75) is 37.5 Å². The maximum absolute atomic E-state index is 5.37. The average molecular weight is 195 g/mol. The molecule has 3 nitrogen and oxygen atoms in total. The number of thiazole rings is 1. The number of nitrogens with one attached hydrogen (secondary N) is 1. The van der Waals surface area contributed by atoms with Gasteiger partial charge in [-0.2, -0.15) is 0 Å². The minimum absolute atomic E-state index is 0.735. The Labute approximate surface area is 81.3 Å². The smallest absolute Gasteiger partial charge is 0.197 e. The van der Waals surface area contributed by atoms with Crippen LogP contribution in [0.3, 0.4) is 0 Å². The molecule has 0 amide bonds. The SMILES string of the molecule is NNc1nc2c(s1)C1CCC2CC1. The summed E-state index contributed by atoms with van der Waals surface area (Å²) < 4.78 is 0. The summed E-state index contributed by atoms with van der Waals surface area (Å²) in [7, 11) is 0. The molecule has 0 aliphatic heterocycles. The van der Waals surface area contributed by atoms with Gasteiger partial charge in [0.25, 0.3) is 0 Å². The van der Waals surface area contributed by atoms with Crippen molar-refractivity contribution in [3.05, 3.63) is 10.6 Å². The van der Waals surface area contributed by atoms with E-state index in [1.54, 1.807) is 11.3 Å². The van der Waals surface area contributed by atoms with Crippen molar-refractivity contribution in [1.29, 1.82) is 0 Å². The first-order chi connectivity index (χ1) is 6.38. The summed E-state index contributed by atoms with van der Waals surface area (Å²) >= 11 is 1.75. The number of anilines is 1. The fourth-order valence-electron chi connectivity index (χ4n) is 2.62. The van der Waals surface area contributed by atoms with Gasteiger partial charge in [0.1, 0.15) is 0 Å². The molecule has 0 saturated heterocycles. The van der Waals surface area contributed by atoms with Gasteiger partial charge in [-0.15, -0.1) is 11.3 Å². The molecule has 1 fully saturated rings.